The lowest BCUT2D eigenvalue weighted by atomic mass is 10.1. The summed E-state index contributed by atoms with van der Waals surface area (Å²) in [4.78, 5) is 31.7. The zero-order valence-electron chi connectivity index (χ0n) is 14.1. The van der Waals surface area contributed by atoms with E-state index < -0.39 is 0 Å². The van der Waals surface area contributed by atoms with Gasteiger partial charge < -0.3 is 16.4 Å². The average molecular weight is 347 g/mol. The molecule has 0 aliphatic carbocycles. The number of benzene rings is 1. The highest BCUT2D eigenvalue weighted by molar-refractivity contribution is 6.08. The highest BCUT2D eigenvalue weighted by Gasteiger charge is 2.13. The lowest BCUT2D eigenvalue weighted by Gasteiger charge is -2.10. The van der Waals surface area contributed by atoms with Crippen LogP contribution in [0.25, 0.3) is 11.1 Å². The number of carbonyl (C=O) groups excluding carboxylic acids is 2. The molecule has 0 unspecified atom stereocenters. The lowest BCUT2D eigenvalue weighted by molar-refractivity contribution is -0.114. The van der Waals surface area contributed by atoms with Crippen LogP contribution in [0.5, 0.6) is 0 Å². The summed E-state index contributed by atoms with van der Waals surface area (Å²) < 4.78 is 0. The van der Waals surface area contributed by atoms with Crippen LogP contribution in [0.4, 0.5) is 17.2 Å². The molecule has 2 amide bonds. The molecular formula is C19H17N5O2. The molecular weight excluding hydrogens is 330 g/mol. The summed E-state index contributed by atoms with van der Waals surface area (Å²) in [6.07, 6.45) is 4.95. The SMILES string of the molecule is CC(=O)Nc1ccc(NC(=O)c2cc(-c3ccncc3)cnc2N)cc1. The Morgan fingerprint density at radius 2 is 1.54 bits per heavy atom. The third-order valence-corrected chi connectivity index (χ3v) is 3.64. The van der Waals surface area contributed by atoms with E-state index in [0.29, 0.717) is 11.4 Å². The van der Waals surface area contributed by atoms with Crippen LogP contribution >= 0.6 is 0 Å². The van der Waals surface area contributed by atoms with E-state index in [1.165, 1.54) is 6.92 Å². The van der Waals surface area contributed by atoms with E-state index in [1.807, 2.05) is 12.1 Å². The maximum atomic E-state index is 12.6. The van der Waals surface area contributed by atoms with Crippen molar-refractivity contribution in [2.45, 2.75) is 6.92 Å². The Morgan fingerprint density at radius 1 is 0.923 bits per heavy atom. The summed E-state index contributed by atoms with van der Waals surface area (Å²) >= 11 is 0. The quantitative estimate of drug-likeness (QED) is 0.672. The van der Waals surface area contributed by atoms with Crippen LogP contribution in [0, 0.1) is 0 Å². The topological polar surface area (TPSA) is 110 Å². The largest absolute Gasteiger partial charge is 0.383 e. The van der Waals surface area contributed by atoms with Crippen molar-refractivity contribution < 1.29 is 9.59 Å². The van der Waals surface area contributed by atoms with Crippen LogP contribution in [0.1, 0.15) is 17.3 Å². The lowest BCUT2D eigenvalue weighted by Crippen LogP contribution is -2.15. The van der Waals surface area contributed by atoms with Gasteiger partial charge in [0.1, 0.15) is 5.82 Å². The molecule has 0 radical (unpaired) electrons. The molecule has 4 N–H and O–H groups in total. The van der Waals surface area contributed by atoms with E-state index in [2.05, 4.69) is 20.6 Å². The van der Waals surface area contributed by atoms with Gasteiger partial charge in [-0.2, -0.15) is 0 Å². The van der Waals surface area contributed by atoms with Crippen molar-refractivity contribution >= 4 is 29.0 Å². The molecule has 3 rings (SSSR count). The van der Waals surface area contributed by atoms with Gasteiger partial charge in [-0.05, 0) is 48.0 Å². The minimum absolute atomic E-state index is 0.148. The van der Waals surface area contributed by atoms with Crippen molar-refractivity contribution in [3.63, 3.8) is 0 Å². The van der Waals surface area contributed by atoms with E-state index >= 15 is 0 Å². The number of nitrogen functional groups attached to an aromatic ring is 1. The van der Waals surface area contributed by atoms with Crippen LogP contribution in [-0.2, 0) is 4.79 Å². The second-order valence-electron chi connectivity index (χ2n) is 5.61. The minimum Gasteiger partial charge on any atom is -0.383 e. The summed E-state index contributed by atoms with van der Waals surface area (Å²) in [5.41, 5.74) is 9.04. The molecule has 0 bridgehead atoms. The number of nitrogens with two attached hydrogens (primary N) is 1. The van der Waals surface area contributed by atoms with Gasteiger partial charge in [0.2, 0.25) is 5.91 Å². The Morgan fingerprint density at radius 3 is 2.15 bits per heavy atom. The zero-order valence-corrected chi connectivity index (χ0v) is 14.1. The van der Waals surface area contributed by atoms with Gasteiger partial charge in [-0.15, -0.1) is 0 Å². The monoisotopic (exact) mass is 347 g/mol. The Balaban J connectivity index is 1.80. The van der Waals surface area contributed by atoms with Gasteiger partial charge in [-0.1, -0.05) is 0 Å². The van der Waals surface area contributed by atoms with Crippen LogP contribution in [-0.4, -0.2) is 21.8 Å². The van der Waals surface area contributed by atoms with Gasteiger partial charge >= 0.3 is 0 Å². The first-order valence-electron chi connectivity index (χ1n) is 7.88. The van der Waals surface area contributed by atoms with E-state index in [9.17, 15) is 9.59 Å². The number of hydrogen-bond acceptors (Lipinski definition) is 5. The number of carbonyl (C=O) groups is 2. The molecule has 7 heteroatoms. The fourth-order valence-corrected chi connectivity index (χ4v) is 2.40. The second-order valence-corrected chi connectivity index (χ2v) is 5.61. The van der Waals surface area contributed by atoms with Gasteiger partial charge in [0.15, 0.2) is 0 Å². The normalized spacial score (nSPS) is 10.2. The highest BCUT2D eigenvalue weighted by atomic mass is 16.2. The Hall–Kier alpha value is -3.74. The van der Waals surface area contributed by atoms with Crippen LogP contribution in [0.15, 0.2) is 61.1 Å². The molecule has 0 atom stereocenters. The summed E-state index contributed by atoms with van der Waals surface area (Å²) in [5.74, 6) is -0.373. The van der Waals surface area contributed by atoms with Crippen molar-refractivity contribution in [1.82, 2.24) is 9.97 Å². The first kappa shape index (κ1) is 17.1. The van der Waals surface area contributed by atoms with E-state index in [-0.39, 0.29) is 23.2 Å². The minimum atomic E-state index is -0.363. The fourth-order valence-electron chi connectivity index (χ4n) is 2.40. The maximum absolute atomic E-state index is 12.6. The van der Waals surface area contributed by atoms with Crippen molar-refractivity contribution in [2.24, 2.45) is 0 Å². The molecule has 0 aliphatic rings. The van der Waals surface area contributed by atoms with Crippen molar-refractivity contribution in [3.05, 3.63) is 66.6 Å². The number of amides is 2. The number of pyridine rings is 2. The molecule has 0 saturated carbocycles. The summed E-state index contributed by atoms with van der Waals surface area (Å²) in [6.45, 7) is 1.43. The summed E-state index contributed by atoms with van der Waals surface area (Å²) in [6, 6.07) is 12.1. The highest BCUT2D eigenvalue weighted by Crippen LogP contribution is 2.22. The van der Waals surface area contributed by atoms with Crippen molar-refractivity contribution in [3.8, 4) is 11.1 Å². The number of nitrogens with zero attached hydrogens (tertiary/aromatic N) is 2. The zero-order chi connectivity index (χ0) is 18.5. The van der Waals surface area contributed by atoms with Gasteiger partial charge in [0.25, 0.3) is 5.91 Å². The van der Waals surface area contributed by atoms with Gasteiger partial charge in [0, 0.05) is 42.5 Å². The third kappa shape index (κ3) is 4.02. The first-order chi connectivity index (χ1) is 12.5. The summed E-state index contributed by atoms with van der Waals surface area (Å²) in [7, 11) is 0. The predicted molar refractivity (Wildman–Crippen MR) is 101 cm³/mol. The van der Waals surface area contributed by atoms with Gasteiger partial charge in [-0.3, -0.25) is 14.6 Å². The van der Waals surface area contributed by atoms with Crippen LogP contribution < -0.4 is 16.4 Å². The Kier molecular flexibility index (Phi) is 4.89. The molecule has 130 valence electrons. The van der Waals surface area contributed by atoms with Crippen molar-refractivity contribution in [2.75, 3.05) is 16.4 Å². The number of anilines is 3. The van der Waals surface area contributed by atoms with Crippen LogP contribution in [0.3, 0.4) is 0 Å². The average Bonchev–Trinajstić information content (AvgIpc) is 2.64. The number of rotatable bonds is 4. The van der Waals surface area contributed by atoms with Gasteiger partial charge in [0.05, 0.1) is 5.56 Å². The molecule has 0 spiro atoms. The smallest absolute Gasteiger partial charge is 0.259 e. The molecule has 0 aliphatic heterocycles. The molecule has 3 aromatic rings. The second kappa shape index (κ2) is 7.43. The molecule has 0 saturated heterocycles. The third-order valence-electron chi connectivity index (χ3n) is 3.64. The van der Waals surface area contributed by atoms with Crippen LogP contribution in [0.2, 0.25) is 0 Å². The maximum Gasteiger partial charge on any atom is 0.259 e. The van der Waals surface area contributed by atoms with Gasteiger partial charge in [-0.25, -0.2) is 4.98 Å². The number of nitrogens with one attached hydrogen (secondary N) is 2. The Bertz CT molecular complexity index is 940. The Labute approximate surface area is 150 Å². The number of aromatic nitrogens is 2. The standard InChI is InChI=1S/C19H17N5O2/c1-12(25)23-15-2-4-16(5-3-15)24-19(26)17-10-14(11-22-18(17)20)13-6-8-21-9-7-13/h2-11H,1H3,(H2,20,22)(H,23,25)(H,24,26). The fraction of sp³-hybridized carbons (Fsp3) is 0.0526. The molecule has 7 nitrogen and oxygen atoms in total. The molecule has 1 aromatic carbocycles. The molecule has 26 heavy (non-hydrogen) atoms. The van der Waals surface area contributed by atoms with E-state index in [0.717, 1.165) is 11.1 Å². The summed E-state index contributed by atoms with van der Waals surface area (Å²) in [5, 5.41) is 5.44. The van der Waals surface area contributed by atoms with E-state index in [4.69, 9.17) is 5.73 Å². The first-order valence-corrected chi connectivity index (χ1v) is 7.88. The number of hydrogen-bond donors (Lipinski definition) is 3. The van der Waals surface area contributed by atoms with Crippen molar-refractivity contribution in [1.29, 1.82) is 0 Å². The van der Waals surface area contributed by atoms with E-state index in [1.54, 1.807) is 48.9 Å². The predicted octanol–water partition coefficient (Wildman–Crippen LogP) is 2.94. The molecule has 2 aromatic heterocycles. The molecule has 0 fully saturated rings. The molecule has 2 heterocycles.